The number of amides is 1. The standard InChI is InChI=1S/C7H13NO2/c1-5(2)7(6(3)10)8-4-9/h4-5,7H,1-3H3,(H,8,9). The van der Waals surface area contributed by atoms with Crippen LogP contribution in [0.2, 0.25) is 0 Å². The fourth-order valence-electron chi connectivity index (χ4n) is 0.853. The third kappa shape index (κ3) is 2.62. The molecule has 0 aromatic carbocycles. The summed E-state index contributed by atoms with van der Waals surface area (Å²) < 4.78 is 0. The van der Waals surface area contributed by atoms with E-state index in [4.69, 9.17) is 0 Å². The number of Topliss-reactive ketones (excluding diaryl/α,β-unsaturated/α-hetero) is 1. The molecule has 0 saturated heterocycles. The van der Waals surface area contributed by atoms with Crippen molar-refractivity contribution in [1.82, 2.24) is 5.32 Å². The Morgan fingerprint density at radius 2 is 2.00 bits per heavy atom. The first-order valence-corrected chi connectivity index (χ1v) is 3.29. The summed E-state index contributed by atoms with van der Waals surface area (Å²) in [7, 11) is 0. The lowest BCUT2D eigenvalue weighted by atomic mass is 10.0. The highest BCUT2D eigenvalue weighted by atomic mass is 16.1. The summed E-state index contributed by atoms with van der Waals surface area (Å²) in [5.74, 6) is 0.171. The summed E-state index contributed by atoms with van der Waals surface area (Å²) in [5.41, 5.74) is 0. The quantitative estimate of drug-likeness (QED) is 0.577. The van der Waals surface area contributed by atoms with Gasteiger partial charge in [-0.1, -0.05) is 13.8 Å². The van der Waals surface area contributed by atoms with Gasteiger partial charge in [0.15, 0.2) is 5.78 Å². The lowest BCUT2D eigenvalue weighted by molar-refractivity contribution is -0.122. The molecule has 0 aromatic heterocycles. The molecule has 3 nitrogen and oxygen atoms in total. The Labute approximate surface area is 60.8 Å². The largest absolute Gasteiger partial charge is 0.349 e. The van der Waals surface area contributed by atoms with Crippen molar-refractivity contribution in [3.05, 3.63) is 0 Å². The molecule has 1 amide bonds. The molecule has 0 radical (unpaired) electrons. The third-order valence-electron chi connectivity index (χ3n) is 1.35. The molecular formula is C7H13NO2. The van der Waals surface area contributed by atoms with E-state index in [1.807, 2.05) is 13.8 Å². The van der Waals surface area contributed by atoms with Gasteiger partial charge in [-0.05, 0) is 12.8 Å². The van der Waals surface area contributed by atoms with Crippen molar-refractivity contribution in [3.63, 3.8) is 0 Å². The Balaban J connectivity index is 3.97. The van der Waals surface area contributed by atoms with E-state index in [1.165, 1.54) is 6.92 Å². The van der Waals surface area contributed by atoms with Crippen LogP contribution in [0.3, 0.4) is 0 Å². The van der Waals surface area contributed by atoms with Crippen LogP contribution in [0.4, 0.5) is 0 Å². The lowest BCUT2D eigenvalue weighted by Gasteiger charge is -2.15. The number of nitrogens with one attached hydrogen (secondary N) is 1. The van der Waals surface area contributed by atoms with E-state index < -0.39 is 0 Å². The van der Waals surface area contributed by atoms with Gasteiger partial charge in [-0.15, -0.1) is 0 Å². The van der Waals surface area contributed by atoms with E-state index in [0.717, 1.165) is 0 Å². The first-order chi connectivity index (χ1) is 4.59. The van der Waals surface area contributed by atoms with E-state index in [1.54, 1.807) is 0 Å². The Morgan fingerprint density at radius 3 is 2.10 bits per heavy atom. The maximum absolute atomic E-state index is 10.8. The molecule has 1 atom stereocenters. The van der Waals surface area contributed by atoms with Crippen molar-refractivity contribution < 1.29 is 9.59 Å². The number of hydrogen-bond donors (Lipinski definition) is 1. The number of rotatable bonds is 4. The van der Waals surface area contributed by atoms with Gasteiger partial charge in [-0.2, -0.15) is 0 Å². The molecule has 0 spiro atoms. The molecule has 0 saturated carbocycles. The minimum atomic E-state index is -0.322. The van der Waals surface area contributed by atoms with E-state index in [-0.39, 0.29) is 17.7 Å². The van der Waals surface area contributed by atoms with Crippen LogP contribution < -0.4 is 5.32 Å². The molecule has 0 aliphatic heterocycles. The zero-order valence-corrected chi connectivity index (χ0v) is 6.55. The van der Waals surface area contributed by atoms with Gasteiger partial charge >= 0.3 is 0 Å². The van der Waals surface area contributed by atoms with Crippen molar-refractivity contribution in [2.24, 2.45) is 5.92 Å². The van der Waals surface area contributed by atoms with Crippen LogP contribution >= 0.6 is 0 Å². The maximum Gasteiger partial charge on any atom is 0.207 e. The Kier molecular flexibility index (Phi) is 3.69. The van der Waals surface area contributed by atoms with Crippen LogP contribution in [0, 0.1) is 5.92 Å². The molecular weight excluding hydrogens is 130 g/mol. The van der Waals surface area contributed by atoms with E-state index in [9.17, 15) is 9.59 Å². The second-order valence-corrected chi connectivity index (χ2v) is 2.62. The van der Waals surface area contributed by atoms with Crippen LogP contribution in [0.15, 0.2) is 0 Å². The van der Waals surface area contributed by atoms with Gasteiger partial charge < -0.3 is 5.32 Å². The predicted octanol–water partition coefficient (Wildman–Crippen LogP) is 0.346. The average molecular weight is 143 g/mol. The minimum Gasteiger partial charge on any atom is -0.349 e. The molecule has 58 valence electrons. The molecule has 10 heavy (non-hydrogen) atoms. The minimum absolute atomic E-state index is 0.00194. The SMILES string of the molecule is CC(=O)C(NC=O)C(C)C. The molecule has 0 heterocycles. The van der Waals surface area contributed by atoms with Crippen LogP contribution in [0.25, 0.3) is 0 Å². The van der Waals surface area contributed by atoms with Gasteiger partial charge in [0, 0.05) is 0 Å². The van der Waals surface area contributed by atoms with Crippen LogP contribution in [-0.4, -0.2) is 18.2 Å². The molecule has 0 rings (SSSR count). The summed E-state index contributed by atoms with van der Waals surface area (Å²) in [6.45, 7) is 5.26. The first kappa shape index (κ1) is 9.14. The smallest absolute Gasteiger partial charge is 0.207 e. The van der Waals surface area contributed by atoms with Gasteiger partial charge in [0.1, 0.15) is 0 Å². The van der Waals surface area contributed by atoms with Crippen LogP contribution in [0.1, 0.15) is 20.8 Å². The maximum atomic E-state index is 10.8. The van der Waals surface area contributed by atoms with Gasteiger partial charge in [-0.3, -0.25) is 9.59 Å². The molecule has 3 heteroatoms. The Bertz CT molecular complexity index is 132. The zero-order chi connectivity index (χ0) is 8.15. The summed E-state index contributed by atoms with van der Waals surface area (Å²) in [5, 5.41) is 2.45. The third-order valence-corrected chi connectivity index (χ3v) is 1.35. The average Bonchev–Trinajstić information content (AvgIpc) is 1.81. The van der Waals surface area contributed by atoms with Gasteiger partial charge in [0.25, 0.3) is 0 Å². The molecule has 0 fully saturated rings. The van der Waals surface area contributed by atoms with Crippen molar-refractivity contribution in [2.75, 3.05) is 0 Å². The second kappa shape index (κ2) is 4.04. The second-order valence-electron chi connectivity index (χ2n) is 2.62. The zero-order valence-electron chi connectivity index (χ0n) is 6.55. The van der Waals surface area contributed by atoms with Crippen molar-refractivity contribution in [1.29, 1.82) is 0 Å². The predicted molar refractivity (Wildman–Crippen MR) is 38.5 cm³/mol. The molecule has 1 unspecified atom stereocenters. The van der Waals surface area contributed by atoms with E-state index >= 15 is 0 Å². The lowest BCUT2D eigenvalue weighted by Crippen LogP contribution is -2.38. The molecule has 0 bridgehead atoms. The van der Waals surface area contributed by atoms with Gasteiger partial charge in [0.2, 0.25) is 6.41 Å². The van der Waals surface area contributed by atoms with Crippen LogP contribution in [-0.2, 0) is 9.59 Å². The van der Waals surface area contributed by atoms with Crippen molar-refractivity contribution in [2.45, 2.75) is 26.8 Å². The number of carbonyl (C=O) groups excluding carboxylic acids is 2. The number of carbonyl (C=O) groups is 2. The summed E-state index contributed by atoms with van der Waals surface area (Å²) in [4.78, 5) is 20.7. The highest BCUT2D eigenvalue weighted by molar-refractivity contribution is 5.83. The Hall–Kier alpha value is -0.860. The summed E-state index contributed by atoms with van der Waals surface area (Å²) in [6, 6.07) is -0.322. The molecule has 0 aliphatic rings. The number of ketones is 1. The summed E-state index contributed by atoms with van der Waals surface area (Å²) in [6.07, 6.45) is 0.562. The first-order valence-electron chi connectivity index (χ1n) is 3.29. The fraction of sp³-hybridized carbons (Fsp3) is 0.714. The number of hydrogen-bond acceptors (Lipinski definition) is 2. The highest BCUT2D eigenvalue weighted by Crippen LogP contribution is 2.00. The van der Waals surface area contributed by atoms with Crippen molar-refractivity contribution >= 4 is 12.2 Å². The highest BCUT2D eigenvalue weighted by Gasteiger charge is 2.16. The Morgan fingerprint density at radius 1 is 1.50 bits per heavy atom. The molecule has 1 N–H and O–H groups in total. The fourth-order valence-corrected chi connectivity index (χ4v) is 0.853. The normalized spacial score (nSPS) is 12.8. The van der Waals surface area contributed by atoms with Gasteiger partial charge in [0.05, 0.1) is 6.04 Å². The monoisotopic (exact) mass is 143 g/mol. The van der Waals surface area contributed by atoms with Gasteiger partial charge in [-0.25, -0.2) is 0 Å². The van der Waals surface area contributed by atoms with E-state index in [0.29, 0.717) is 6.41 Å². The van der Waals surface area contributed by atoms with E-state index in [2.05, 4.69) is 5.32 Å². The summed E-state index contributed by atoms with van der Waals surface area (Å²) >= 11 is 0. The topological polar surface area (TPSA) is 46.2 Å². The van der Waals surface area contributed by atoms with Crippen molar-refractivity contribution in [3.8, 4) is 0 Å². The van der Waals surface area contributed by atoms with Crippen LogP contribution in [0.5, 0.6) is 0 Å². The molecule has 0 aliphatic carbocycles. The molecule has 0 aromatic rings.